The summed E-state index contributed by atoms with van der Waals surface area (Å²) in [6.45, 7) is 2.39. The van der Waals surface area contributed by atoms with E-state index in [1.807, 2.05) is 24.3 Å². The summed E-state index contributed by atoms with van der Waals surface area (Å²) in [6, 6.07) is 7.50. The summed E-state index contributed by atoms with van der Waals surface area (Å²) in [5.41, 5.74) is 0. The summed E-state index contributed by atoms with van der Waals surface area (Å²) < 4.78 is 16.6. The maximum absolute atomic E-state index is 11.8. The molecule has 1 aromatic rings. The summed E-state index contributed by atoms with van der Waals surface area (Å²) in [5.74, 6) is 0.187. The van der Waals surface area contributed by atoms with Crippen molar-refractivity contribution >= 4 is 27.8 Å². The normalized spacial score (nSPS) is 14.4. The molecule has 1 aliphatic rings. The summed E-state index contributed by atoms with van der Waals surface area (Å²) in [5, 5.41) is 0. The molecule has 0 unspecified atom stereocenters. The van der Waals surface area contributed by atoms with Gasteiger partial charge in [0.25, 0.3) is 5.91 Å². The van der Waals surface area contributed by atoms with Crippen molar-refractivity contribution in [3.05, 3.63) is 28.7 Å². The number of benzene rings is 1. The smallest absolute Gasteiger partial charge is 0.306 e. The van der Waals surface area contributed by atoms with Gasteiger partial charge in [-0.05, 0) is 24.6 Å². The van der Waals surface area contributed by atoms with E-state index in [2.05, 4.69) is 15.9 Å². The maximum Gasteiger partial charge on any atom is 0.306 e. The molecule has 1 heterocycles. The van der Waals surface area contributed by atoms with Crippen molar-refractivity contribution in [2.24, 2.45) is 0 Å². The molecule has 7 heteroatoms. The Bertz CT molecular complexity index is 531. The van der Waals surface area contributed by atoms with Crippen molar-refractivity contribution in [1.82, 2.24) is 4.90 Å². The fourth-order valence-electron chi connectivity index (χ4n) is 2.08. The molecule has 0 saturated carbocycles. The quantitative estimate of drug-likeness (QED) is 0.530. The van der Waals surface area contributed by atoms with Crippen LogP contribution in [0.15, 0.2) is 28.7 Å². The summed E-state index contributed by atoms with van der Waals surface area (Å²) in [4.78, 5) is 25.1. The van der Waals surface area contributed by atoms with Gasteiger partial charge in [-0.15, -0.1) is 0 Å². The number of morpholine rings is 1. The first-order valence-electron chi connectivity index (χ1n) is 7.54. The third-order valence-electron chi connectivity index (χ3n) is 3.31. The number of carbonyl (C=O) groups is 2. The first kappa shape index (κ1) is 17.7. The van der Waals surface area contributed by atoms with E-state index < -0.39 is 0 Å². The van der Waals surface area contributed by atoms with Gasteiger partial charge in [0.05, 0.1) is 19.8 Å². The number of hydrogen-bond acceptors (Lipinski definition) is 5. The Kier molecular flexibility index (Phi) is 7.35. The fraction of sp³-hybridized carbons (Fsp3) is 0.500. The van der Waals surface area contributed by atoms with E-state index in [0.29, 0.717) is 39.3 Å². The van der Waals surface area contributed by atoms with Gasteiger partial charge in [-0.2, -0.15) is 0 Å². The Morgan fingerprint density at radius 2 is 2.04 bits per heavy atom. The molecule has 126 valence electrons. The second-order valence-electron chi connectivity index (χ2n) is 5.06. The molecule has 1 amide bonds. The second-order valence-corrected chi connectivity index (χ2v) is 5.98. The van der Waals surface area contributed by atoms with Gasteiger partial charge in [0, 0.05) is 24.0 Å². The molecule has 6 nitrogen and oxygen atoms in total. The Balaban J connectivity index is 1.57. The molecule has 0 bridgehead atoms. The number of halogens is 1. The van der Waals surface area contributed by atoms with Crippen molar-refractivity contribution in [2.75, 3.05) is 39.5 Å². The fourth-order valence-corrected chi connectivity index (χ4v) is 2.46. The second kappa shape index (κ2) is 9.52. The van der Waals surface area contributed by atoms with Crippen LogP contribution in [-0.2, 0) is 19.1 Å². The van der Waals surface area contributed by atoms with E-state index in [-0.39, 0.29) is 24.9 Å². The molecule has 0 radical (unpaired) electrons. The first-order chi connectivity index (χ1) is 11.1. The minimum atomic E-state index is -0.385. The Morgan fingerprint density at radius 3 is 2.78 bits per heavy atom. The van der Waals surface area contributed by atoms with E-state index in [9.17, 15) is 9.59 Å². The van der Waals surface area contributed by atoms with Crippen LogP contribution in [0.2, 0.25) is 0 Å². The van der Waals surface area contributed by atoms with E-state index in [4.69, 9.17) is 14.2 Å². The molecule has 0 aliphatic carbocycles. The van der Waals surface area contributed by atoms with Crippen LogP contribution in [0, 0.1) is 0 Å². The zero-order chi connectivity index (χ0) is 16.5. The summed E-state index contributed by atoms with van der Waals surface area (Å²) in [7, 11) is 0. The monoisotopic (exact) mass is 385 g/mol. The SMILES string of the molecule is O=C(CCCOc1cccc(Br)c1)OCC(=O)N1CCOCC1. The van der Waals surface area contributed by atoms with Gasteiger partial charge in [0.2, 0.25) is 0 Å². The van der Waals surface area contributed by atoms with Gasteiger partial charge < -0.3 is 19.1 Å². The highest BCUT2D eigenvalue weighted by Gasteiger charge is 2.18. The molecule has 1 fully saturated rings. The van der Waals surface area contributed by atoms with Crippen LogP contribution >= 0.6 is 15.9 Å². The molecule has 0 N–H and O–H groups in total. The number of esters is 1. The van der Waals surface area contributed by atoms with Gasteiger partial charge in [-0.25, -0.2) is 0 Å². The molecule has 0 atom stereocenters. The van der Waals surface area contributed by atoms with E-state index in [1.54, 1.807) is 4.90 Å². The van der Waals surface area contributed by atoms with Crippen molar-refractivity contribution < 1.29 is 23.8 Å². The van der Waals surface area contributed by atoms with Crippen molar-refractivity contribution in [3.63, 3.8) is 0 Å². The third-order valence-corrected chi connectivity index (χ3v) is 3.80. The average molecular weight is 386 g/mol. The molecule has 0 spiro atoms. The van der Waals surface area contributed by atoms with E-state index in [0.717, 1.165) is 10.2 Å². The molecule has 1 aliphatic heterocycles. The van der Waals surface area contributed by atoms with Gasteiger partial charge in [0.1, 0.15) is 5.75 Å². The van der Waals surface area contributed by atoms with Crippen LogP contribution in [0.1, 0.15) is 12.8 Å². The number of carbonyl (C=O) groups excluding carboxylic acids is 2. The van der Waals surface area contributed by atoms with E-state index in [1.165, 1.54) is 0 Å². The largest absolute Gasteiger partial charge is 0.494 e. The van der Waals surface area contributed by atoms with Crippen LogP contribution in [0.5, 0.6) is 5.75 Å². The third kappa shape index (κ3) is 6.58. The number of hydrogen-bond donors (Lipinski definition) is 0. The minimum absolute atomic E-state index is 0.174. The van der Waals surface area contributed by atoms with Crippen molar-refractivity contribution in [3.8, 4) is 5.75 Å². The maximum atomic E-state index is 11.8. The lowest BCUT2D eigenvalue weighted by Gasteiger charge is -2.26. The molecular formula is C16H20BrNO5. The van der Waals surface area contributed by atoms with Crippen LogP contribution in [-0.4, -0.2) is 56.3 Å². The van der Waals surface area contributed by atoms with Gasteiger partial charge in [-0.1, -0.05) is 22.0 Å². The van der Waals surface area contributed by atoms with Crippen molar-refractivity contribution in [1.29, 1.82) is 0 Å². The van der Waals surface area contributed by atoms with Gasteiger partial charge in [0.15, 0.2) is 6.61 Å². The Hall–Kier alpha value is -1.60. The van der Waals surface area contributed by atoms with E-state index >= 15 is 0 Å². The standard InChI is InChI=1S/C16H20BrNO5/c17-13-3-1-4-14(11-13)22-8-2-5-16(20)23-12-15(19)18-6-9-21-10-7-18/h1,3-4,11H,2,5-10,12H2. The summed E-state index contributed by atoms with van der Waals surface area (Å²) in [6.07, 6.45) is 0.765. The lowest BCUT2D eigenvalue weighted by molar-refractivity contribution is -0.153. The Morgan fingerprint density at radius 1 is 1.26 bits per heavy atom. The summed E-state index contributed by atoms with van der Waals surface area (Å²) >= 11 is 3.36. The predicted octanol–water partition coefficient (Wildman–Crippen LogP) is 2.01. The zero-order valence-electron chi connectivity index (χ0n) is 12.8. The topological polar surface area (TPSA) is 65.1 Å². The molecule has 1 saturated heterocycles. The lowest BCUT2D eigenvalue weighted by atomic mass is 10.3. The number of amides is 1. The highest BCUT2D eigenvalue weighted by molar-refractivity contribution is 9.10. The predicted molar refractivity (Wildman–Crippen MR) is 87.2 cm³/mol. The molecule has 2 rings (SSSR count). The zero-order valence-corrected chi connectivity index (χ0v) is 14.4. The molecule has 0 aromatic heterocycles. The highest BCUT2D eigenvalue weighted by atomic mass is 79.9. The lowest BCUT2D eigenvalue weighted by Crippen LogP contribution is -2.42. The number of ether oxygens (including phenoxy) is 3. The van der Waals surface area contributed by atoms with Crippen LogP contribution in [0.3, 0.4) is 0 Å². The van der Waals surface area contributed by atoms with Gasteiger partial charge in [-0.3, -0.25) is 9.59 Å². The van der Waals surface area contributed by atoms with Gasteiger partial charge >= 0.3 is 5.97 Å². The average Bonchev–Trinajstić information content (AvgIpc) is 2.57. The molecular weight excluding hydrogens is 366 g/mol. The highest BCUT2D eigenvalue weighted by Crippen LogP contribution is 2.17. The number of rotatable bonds is 7. The minimum Gasteiger partial charge on any atom is -0.494 e. The number of nitrogens with zero attached hydrogens (tertiary/aromatic N) is 1. The molecule has 1 aromatic carbocycles. The van der Waals surface area contributed by atoms with Crippen LogP contribution in [0.25, 0.3) is 0 Å². The molecule has 23 heavy (non-hydrogen) atoms. The van der Waals surface area contributed by atoms with Crippen LogP contribution in [0.4, 0.5) is 0 Å². The van der Waals surface area contributed by atoms with Crippen molar-refractivity contribution in [2.45, 2.75) is 12.8 Å². The first-order valence-corrected chi connectivity index (χ1v) is 8.34. The van der Waals surface area contributed by atoms with Crippen LogP contribution < -0.4 is 4.74 Å². The Labute approximate surface area is 143 Å².